The molecule has 1 aromatic carbocycles. The van der Waals surface area contributed by atoms with Gasteiger partial charge in [0, 0.05) is 6.07 Å². The fraction of sp³-hybridized carbons (Fsp3) is 0.200. The number of amides is 1. The number of furan rings is 1. The van der Waals surface area contributed by atoms with Crippen molar-refractivity contribution in [3.8, 4) is 5.75 Å². The van der Waals surface area contributed by atoms with Crippen molar-refractivity contribution in [1.29, 1.82) is 0 Å². The Morgan fingerprint density at radius 2 is 2.22 bits per heavy atom. The SMILES string of the molecule is C/C(=N/NC(=O)COc1ccc(C)cc1[N+](=O)[O-])c1ccco1. The van der Waals surface area contributed by atoms with Gasteiger partial charge in [-0.05, 0) is 37.6 Å². The third-order valence-corrected chi connectivity index (χ3v) is 2.90. The van der Waals surface area contributed by atoms with E-state index in [0.29, 0.717) is 11.5 Å². The van der Waals surface area contributed by atoms with Crippen molar-refractivity contribution in [2.75, 3.05) is 6.61 Å². The number of carbonyl (C=O) groups is 1. The van der Waals surface area contributed by atoms with Crippen molar-refractivity contribution in [3.63, 3.8) is 0 Å². The standard InChI is InChI=1S/C15H15N3O5/c1-10-5-6-14(12(8-10)18(20)21)23-9-15(19)17-16-11(2)13-4-3-7-22-13/h3-8H,9H2,1-2H3,(H,17,19)/b16-11-. The highest BCUT2D eigenvalue weighted by Gasteiger charge is 2.16. The number of hydrazone groups is 1. The summed E-state index contributed by atoms with van der Waals surface area (Å²) in [6, 6.07) is 7.91. The molecule has 0 saturated heterocycles. The van der Waals surface area contributed by atoms with Crippen LogP contribution in [0, 0.1) is 17.0 Å². The minimum absolute atomic E-state index is 0.0301. The van der Waals surface area contributed by atoms with Crippen LogP contribution in [0.15, 0.2) is 46.1 Å². The molecule has 8 nitrogen and oxygen atoms in total. The number of nitrogens with one attached hydrogen (secondary N) is 1. The molecule has 23 heavy (non-hydrogen) atoms. The summed E-state index contributed by atoms with van der Waals surface area (Å²) in [6.07, 6.45) is 1.50. The van der Waals surface area contributed by atoms with Crippen LogP contribution >= 0.6 is 0 Å². The zero-order valence-electron chi connectivity index (χ0n) is 12.6. The summed E-state index contributed by atoms with van der Waals surface area (Å²) in [5.74, 6) is 0.0219. The molecule has 1 aromatic heterocycles. The van der Waals surface area contributed by atoms with Gasteiger partial charge in [0.1, 0.15) is 11.5 Å². The van der Waals surface area contributed by atoms with Crippen LogP contribution in [-0.2, 0) is 4.79 Å². The highest BCUT2D eigenvalue weighted by Crippen LogP contribution is 2.27. The molecule has 2 rings (SSSR count). The van der Waals surface area contributed by atoms with Crippen molar-refractivity contribution in [1.82, 2.24) is 5.43 Å². The number of nitro benzene ring substituents is 1. The Kier molecular flexibility index (Phi) is 5.08. The number of rotatable bonds is 6. The summed E-state index contributed by atoms with van der Waals surface area (Å²) >= 11 is 0. The number of aryl methyl sites for hydroxylation is 1. The van der Waals surface area contributed by atoms with Crippen LogP contribution in [0.3, 0.4) is 0 Å². The van der Waals surface area contributed by atoms with E-state index < -0.39 is 17.4 Å². The normalized spacial score (nSPS) is 11.1. The summed E-state index contributed by atoms with van der Waals surface area (Å²) in [5, 5.41) is 14.8. The van der Waals surface area contributed by atoms with Crippen LogP contribution in [-0.4, -0.2) is 23.1 Å². The Bertz CT molecular complexity index is 738. The minimum atomic E-state index is -0.556. The molecule has 0 atom stereocenters. The van der Waals surface area contributed by atoms with Gasteiger partial charge in [-0.15, -0.1) is 0 Å². The molecule has 0 aliphatic carbocycles. The highest BCUT2D eigenvalue weighted by molar-refractivity contribution is 5.96. The molecule has 1 heterocycles. The van der Waals surface area contributed by atoms with E-state index in [1.54, 1.807) is 32.0 Å². The zero-order chi connectivity index (χ0) is 16.8. The molecule has 0 aliphatic heterocycles. The average Bonchev–Trinajstić information content (AvgIpc) is 3.05. The van der Waals surface area contributed by atoms with Crippen molar-refractivity contribution in [3.05, 3.63) is 58.0 Å². The third-order valence-electron chi connectivity index (χ3n) is 2.90. The minimum Gasteiger partial charge on any atom is -0.477 e. The Labute approximate surface area is 131 Å². The molecule has 0 spiro atoms. The fourth-order valence-electron chi connectivity index (χ4n) is 1.75. The van der Waals surface area contributed by atoms with Gasteiger partial charge in [0.15, 0.2) is 12.4 Å². The number of hydrogen-bond donors (Lipinski definition) is 1. The molecule has 8 heteroatoms. The third kappa shape index (κ3) is 4.40. The second-order valence-corrected chi connectivity index (χ2v) is 4.73. The predicted octanol–water partition coefficient (Wildman–Crippen LogP) is 2.42. The van der Waals surface area contributed by atoms with Gasteiger partial charge in [-0.25, -0.2) is 5.43 Å². The lowest BCUT2D eigenvalue weighted by Crippen LogP contribution is -2.25. The first-order valence-electron chi connectivity index (χ1n) is 6.72. The quantitative estimate of drug-likeness (QED) is 0.500. The Balaban J connectivity index is 1.95. The number of benzene rings is 1. The summed E-state index contributed by atoms with van der Waals surface area (Å²) < 4.78 is 10.3. The zero-order valence-corrected chi connectivity index (χ0v) is 12.6. The molecule has 0 saturated carbocycles. The van der Waals surface area contributed by atoms with Gasteiger partial charge < -0.3 is 9.15 Å². The first kappa shape index (κ1) is 16.2. The van der Waals surface area contributed by atoms with Crippen LogP contribution in [0.1, 0.15) is 18.2 Å². The van der Waals surface area contributed by atoms with E-state index >= 15 is 0 Å². The van der Waals surface area contributed by atoms with Gasteiger partial charge >= 0.3 is 5.69 Å². The van der Waals surface area contributed by atoms with Crippen LogP contribution in [0.5, 0.6) is 5.75 Å². The summed E-state index contributed by atoms with van der Waals surface area (Å²) in [7, 11) is 0. The van der Waals surface area contributed by atoms with E-state index in [1.807, 2.05) is 0 Å². The fourth-order valence-corrected chi connectivity index (χ4v) is 1.75. The topological polar surface area (TPSA) is 107 Å². The molecule has 0 fully saturated rings. The van der Waals surface area contributed by atoms with E-state index in [1.165, 1.54) is 18.4 Å². The lowest BCUT2D eigenvalue weighted by atomic mass is 10.2. The summed E-state index contributed by atoms with van der Waals surface area (Å²) in [4.78, 5) is 22.1. The molecular weight excluding hydrogens is 302 g/mol. The van der Waals surface area contributed by atoms with Crippen LogP contribution in [0.4, 0.5) is 5.69 Å². The van der Waals surface area contributed by atoms with E-state index in [0.717, 1.165) is 5.56 Å². The monoisotopic (exact) mass is 317 g/mol. The summed E-state index contributed by atoms with van der Waals surface area (Å²) in [5.41, 5.74) is 3.33. The van der Waals surface area contributed by atoms with E-state index in [4.69, 9.17) is 9.15 Å². The van der Waals surface area contributed by atoms with Crippen LogP contribution < -0.4 is 10.2 Å². The number of nitrogens with zero attached hydrogens (tertiary/aromatic N) is 2. The van der Waals surface area contributed by atoms with Gasteiger partial charge in [-0.2, -0.15) is 5.10 Å². The smallest absolute Gasteiger partial charge is 0.311 e. The molecular formula is C15H15N3O5. The molecule has 1 N–H and O–H groups in total. The van der Waals surface area contributed by atoms with Crippen molar-refractivity contribution < 1.29 is 18.9 Å². The Morgan fingerprint density at radius 1 is 1.43 bits per heavy atom. The number of ether oxygens (including phenoxy) is 1. The van der Waals surface area contributed by atoms with Gasteiger partial charge in [-0.1, -0.05) is 6.07 Å². The molecule has 0 radical (unpaired) electrons. The van der Waals surface area contributed by atoms with Crippen molar-refractivity contribution >= 4 is 17.3 Å². The Hall–Kier alpha value is -3.16. The van der Waals surface area contributed by atoms with Crippen LogP contribution in [0.2, 0.25) is 0 Å². The molecule has 120 valence electrons. The average molecular weight is 317 g/mol. The van der Waals surface area contributed by atoms with Gasteiger partial charge in [0.25, 0.3) is 5.91 Å². The van der Waals surface area contributed by atoms with Gasteiger partial charge in [0.2, 0.25) is 0 Å². The summed E-state index contributed by atoms with van der Waals surface area (Å²) in [6.45, 7) is 3.01. The largest absolute Gasteiger partial charge is 0.477 e. The van der Waals surface area contributed by atoms with E-state index in [2.05, 4.69) is 10.5 Å². The maximum absolute atomic E-state index is 11.7. The lowest BCUT2D eigenvalue weighted by Gasteiger charge is -2.06. The van der Waals surface area contributed by atoms with E-state index in [9.17, 15) is 14.9 Å². The maximum atomic E-state index is 11.7. The lowest BCUT2D eigenvalue weighted by molar-refractivity contribution is -0.385. The van der Waals surface area contributed by atoms with Crippen molar-refractivity contribution in [2.45, 2.75) is 13.8 Å². The second-order valence-electron chi connectivity index (χ2n) is 4.73. The number of nitro groups is 1. The molecule has 0 bridgehead atoms. The van der Waals surface area contributed by atoms with E-state index in [-0.39, 0.29) is 11.4 Å². The Morgan fingerprint density at radius 3 is 2.87 bits per heavy atom. The predicted molar refractivity (Wildman–Crippen MR) is 82.4 cm³/mol. The first-order chi connectivity index (χ1) is 11.0. The molecule has 0 unspecified atom stereocenters. The van der Waals surface area contributed by atoms with Crippen molar-refractivity contribution in [2.24, 2.45) is 5.10 Å². The maximum Gasteiger partial charge on any atom is 0.311 e. The van der Waals surface area contributed by atoms with Crippen LogP contribution in [0.25, 0.3) is 0 Å². The molecule has 2 aromatic rings. The first-order valence-corrected chi connectivity index (χ1v) is 6.72. The number of carbonyl (C=O) groups excluding carboxylic acids is 1. The van der Waals surface area contributed by atoms with Gasteiger partial charge in [0.05, 0.1) is 11.2 Å². The molecule has 0 aliphatic rings. The second kappa shape index (κ2) is 7.21. The highest BCUT2D eigenvalue weighted by atomic mass is 16.6. The number of hydrogen-bond acceptors (Lipinski definition) is 6. The van der Waals surface area contributed by atoms with Gasteiger partial charge in [-0.3, -0.25) is 14.9 Å². The molecule has 1 amide bonds.